The summed E-state index contributed by atoms with van der Waals surface area (Å²) in [5.74, 6) is 0. The Morgan fingerprint density at radius 3 is 2.32 bits per heavy atom. The number of halogens is 1. The van der Waals surface area contributed by atoms with Crippen LogP contribution >= 0.6 is 11.6 Å². The van der Waals surface area contributed by atoms with Crippen molar-refractivity contribution in [1.82, 2.24) is 0 Å². The second kappa shape index (κ2) is 5.11. The Morgan fingerprint density at radius 1 is 1.11 bits per heavy atom. The van der Waals surface area contributed by atoms with Gasteiger partial charge in [0, 0.05) is 7.05 Å². The lowest BCUT2D eigenvalue weighted by atomic mass is 10.3. The molecule has 0 aromatic heterocycles. The molecule has 0 aliphatic carbocycles. The number of benzene rings is 2. The molecule has 0 heterocycles. The fraction of sp³-hybridized carbons (Fsp3) is 0.0769. The van der Waals surface area contributed by atoms with Crippen molar-refractivity contribution in [3.63, 3.8) is 0 Å². The molecule has 4 nitrogen and oxygen atoms in total. The molecule has 0 radical (unpaired) electrons. The topological polar surface area (TPSA) is 63.4 Å². The molecule has 2 aromatic rings. The van der Waals surface area contributed by atoms with Crippen molar-refractivity contribution >= 4 is 33.0 Å². The Labute approximate surface area is 117 Å². The molecule has 2 N–H and O–H groups in total. The maximum Gasteiger partial charge on any atom is 0.264 e. The van der Waals surface area contributed by atoms with Crippen molar-refractivity contribution in [2.24, 2.45) is 0 Å². The zero-order valence-corrected chi connectivity index (χ0v) is 11.8. The standard InChI is InChI=1S/C13H13ClN2O2S/c1-16(10-5-3-2-4-6-10)19(17,18)11-7-8-13(15)12(14)9-11/h2-9H,15H2,1H3. The van der Waals surface area contributed by atoms with Gasteiger partial charge in [0.1, 0.15) is 0 Å². The van der Waals surface area contributed by atoms with Crippen LogP contribution in [0.15, 0.2) is 53.4 Å². The summed E-state index contributed by atoms with van der Waals surface area (Å²) in [6.07, 6.45) is 0. The minimum atomic E-state index is -3.64. The normalized spacial score (nSPS) is 11.3. The van der Waals surface area contributed by atoms with Gasteiger partial charge in [-0.1, -0.05) is 29.8 Å². The summed E-state index contributed by atoms with van der Waals surface area (Å²) in [6, 6.07) is 13.1. The molecule has 100 valence electrons. The molecule has 0 amide bonds. The number of nitrogen functional groups attached to an aromatic ring is 1. The Hall–Kier alpha value is -1.72. The summed E-state index contributed by atoms with van der Waals surface area (Å²) in [6.45, 7) is 0. The average molecular weight is 297 g/mol. The highest BCUT2D eigenvalue weighted by molar-refractivity contribution is 7.92. The maximum atomic E-state index is 12.4. The lowest BCUT2D eigenvalue weighted by Gasteiger charge is -2.19. The average Bonchev–Trinajstić information content (AvgIpc) is 2.41. The minimum Gasteiger partial charge on any atom is -0.398 e. The third kappa shape index (κ3) is 2.67. The molecule has 6 heteroatoms. The van der Waals surface area contributed by atoms with Gasteiger partial charge in [-0.15, -0.1) is 0 Å². The van der Waals surface area contributed by atoms with E-state index >= 15 is 0 Å². The summed E-state index contributed by atoms with van der Waals surface area (Å²) < 4.78 is 26.0. The molecule has 2 rings (SSSR count). The molecule has 0 spiro atoms. The zero-order valence-electron chi connectivity index (χ0n) is 10.2. The van der Waals surface area contributed by atoms with E-state index in [9.17, 15) is 8.42 Å². The molecule has 0 atom stereocenters. The van der Waals surface area contributed by atoms with Gasteiger partial charge >= 0.3 is 0 Å². The summed E-state index contributed by atoms with van der Waals surface area (Å²) >= 11 is 5.86. The first kappa shape index (κ1) is 13.7. The van der Waals surface area contributed by atoms with Gasteiger partial charge in [0.05, 0.1) is 21.3 Å². The fourth-order valence-corrected chi connectivity index (χ4v) is 3.07. The molecule has 0 saturated heterocycles. The van der Waals surface area contributed by atoms with Gasteiger partial charge in [-0.2, -0.15) is 0 Å². The molecule has 19 heavy (non-hydrogen) atoms. The lowest BCUT2D eigenvalue weighted by molar-refractivity contribution is 0.594. The highest BCUT2D eigenvalue weighted by Crippen LogP contribution is 2.26. The van der Waals surface area contributed by atoms with Gasteiger partial charge < -0.3 is 5.73 Å². The van der Waals surface area contributed by atoms with Crippen LogP contribution in [0.5, 0.6) is 0 Å². The molecule has 0 saturated carbocycles. The molecule has 0 bridgehead atoms. The van der Waals surface area contributed by atoms with E-state index < -0.39 is 10.0 Å². The van der Waals surface area contributed by atoms with Crippen molar-refractivity contribution in [3.8, 4) is 0 Å². The van der Waals surface area contributed by atoms with Crippen LogP contribution in [-0.2, 0) is 10.0 Å². The number of para-hydroxylation sites is 1. The van der Waals surface area contributed by atoms with E-state index in [0.717, 1.165) is 0 Å². The molecule has 0 aliphatic rings. The molecule has 0 unspecified atom stereocenters. The Bertz CT molecular complexity index is 687. The first-order valence-electron chi connectivity index (χ1n) is 5.52. The highest BCUT2D eigenvalue weighted by atomic mass is 35.5. The van der Waals surface area contributed by atoms with Crippen molar-refractivity contribution in [2.45, 2.75) is 4.90 Å². The van der Waals surface area contributed by atoms with Crippen molar-refractivity contribution in [3.05, 3.63) is 53.6 Å². The maximum absolute atomic E-state index is 12.4. The SMILES string of the molecule is CN(c1ccccc1)S(=O)(=O)c1ccc(N)c(Cl)c1. The largest absolute Gasteiger partial charge is 0.398 e. The highest BCUT2D eigenvalue weighted by Gasteiger charge is 2.21. The van der Waals surface area contributed by atoms with E-state index in [1.807, 2.05) is 6.07 Å². The molecular formula is C13H13ClN2O2S. The quantitative estimate of drug-likeness (QED) is 0.886. The zero-order chi connectivity index (χ0) is 14.0. The van der Waals surface area contributed by atoms with E-state index in [-0.39, 0.29) is 9.92 Å². The first-order valence-corrected chi connectivity index (χ1v) is 7.34. The summed E-state index contributed by atoms with van der Waals surface area (Å²) in [4.78, 5) is 0.109. The van der Waals surface area contributed by atoms with Crippen molar-refractivity contribution in [1.29, 1.82) is 0 Å². The van der Waals surface area contributed by atoms with E-state index in [0.29, 0.717) is 11.4 Å². The monoisotopic (exact) mass is 296 g/mol. The van der Waals surface area contributed by atoms with E-state index in [1.54, 1.807) is 24.3 Å². The van der Waals surface area contributed by atoms with Gasteiger partial charge in [0.2, 0.25) is 0 Å². The predicted octanol–water partition coefficient (Wildman–Crippen LogP) is 2.75. The van der Waals surface area contributed by atoms with Gasteiger partial charge in [-0.05, 0) is 30.3 Å². The van der Waals surface area contributed by atoms with Crippen molar-refractivity contribution in [2.75, 3.05) is 17.1 Å². The predicted molar refractivity (Wildman–Crippen MR) is 77.9 cm³/mol. The van der Waals surface area contributed by atoms with Crippen molar-refractivity contribution < 1.29 is 8.42 Å². The van der Waals surface area contributed by atoms with Crippen LogP contribution < -0.4 is 10.0 Å². The summed E-state index contributed by atoms with van der Waals surface area (Å²) in [5, 5.41) is 0.225. The van der Waals surface area contributed by atoms with E-state index in [4.69, 9.17) is 17.3 Å². The second-order valence-electron chi connectivity index (χ2n) is 3.99. The second-order valence-corrected chi connectivity index (χ2v) is 6.37. The summed E-state index contributed by atoms with van der Waals surface area (Å²) in [7, 11) is -2.14. The Morgan fingerprint density at radius 2 is 1.74 bits per heavy atom. The number of nitrogens with zero attached hydrogens (tertiary/aromatic N) is 1. The number of rotatable bonds is 3. The number of hydrogen-bond donors (Lipinski definition) is 1. The molecule has 2 aromatic carbocycles. The van der Waals surface area contributed by atoms with Gasteiger partial charge in [-0.25, -0.2) is 8.42 Å². The van der Waals surface area contributed by atoms with Gasteiger partial charge in [0.25, 0.3) is 10.0 Å². The number of sulfonamides is 1. The molecule has 0 fully saturated rings. The number of anilines is 2. The summed E-state index contributed by atoms with van der Waals surface area (Å²) in [5.41, 5.74) is 6.51. The number of hydrogen-bond acceptors (Lipinski definition) is 3. The first-order chi connectivity index (χ1) is 8.93. The van der Waals surface area contributed by atoms with Crippen LogP contribution in [0.1, 0.15) is 0 Å². The van der Waals surface area contributed by atoms with Crippen LogP contribution in [0.2, 0.25) is 5.02 Å². The van der Waals surface area contributed by atoms with Crippen LogP contribution in [0, 0.1) is 0 Å². The van der Waals surface area contributed by atoms with E-state index in [1.165, 1.54) is 29.6 Å². The molecule has 0 aliphatic heterocycles. The van der Waals surface area contributed by atoms with E-state index in [2.05, 4.69) is 0 Å². The third-order valence-electron chi connectivity index (χ3n) is 2.75. The third-order valence-corrected chi connectivity index (χ3v) is 4.86. The van der Waals surface area contributed by atoms with Crippen LogP contribution in [0.4, 0.5) is 11.4 Å². The Balaban J connectivity index is 2.45. The van der Waals surface area contributed by atoms with Crippen LogP contribution in [0.3, 0.4) is 0 Å². The van der Waals surface area contributed by atoms with Gasteiger partial charge in [0.15, 0.2) is 0 Å². The smallest absolute Gasteiger partial charge is 0.264 e. The van der Waals surface area contributed by atoms with Crippen LogP contribution in [-0.4, -0.2) is 15.5 Å². The molecular weight excluding hydrogens is 284 g/mol. The Kier molecular flexibility index (Phi) is 3.68. The number of nitrogens with two attached hydrogens (primary N) is 1. The van der Waals surface area contributed by atoms with Crippen LogP contribution in [0.25, 0.3) is 0 Å². The minimum absolute atomic E-state index is 0.109. The van der Waals surface area contributed by atoms with Gasteiger partial charge in [-0.3, -0.25) is 4.31 Å². The fourth-order valence-electron chi connectivity index (χ4n) is 1.60. The lowest BCUT2D eigenvalue weighted by Crippen LogP contribution is -2.26.